The molecule has 160 valence electrons. The van der Waals surface area contributed by atoms with Crippen LogP contribution >= 0.6 is 0 Å². The van der Waals surface area contributed by atoms with Crippen LogP contribution < -0.4 is 10.1 Å². The van der Waals surface area contributed by atoms with Gasteiger partial charge in [-0.3, -0.25) is 9.59 Å². The summed E-state index contributed by atoms with van der Waals surface area (Å²) in [6.45, 7) is 2.49. The van der Waals surface area contributed by atoms with Gasteiger partial charge in [-0.15, -0.1) is 0 Å². The summed E-state index contributed by atoms with van der Waals surface area (Å²) in [7, 11) is 3.16. The van der Waals surface area contributed by atoms with Gasteiger partial charge in [-0.2, -0.15) is 0 Å². The highest BCUT2D eigenvalue weighted by molar-refractivity contribution is 5.94. The summed E-state index contributed by atoms with van der Waals surface area (Å²) in [6, 6.07) is 11.2. The highest BCUT2D eigenvalue weighted by atomic mass is 16.5. The summed E-state index contributed by atoms with van der Waals surface area (Å²) >= 11 is 0. The Bertz CT molecular complexity index is 829. The number of piperidine rings is 1. The first-order valence-electron chi connectivity index (χ1n) is 10.3. The lowest BCUT2D eigenvalue weighted by molar-refractivity contribution is 0.0690. The number of pyridine rings is 1. The van der Waals surface area contributed by atoms with Gasteiger partial charge in [-0.1, -0.05) is 12.1 Å². The Hall–Kier alpha value is -2.93. The predicted octanol–water partition coefficient (Wildman–Crippen LogP) is 2.56. The normalized spacial score (nSPS) is 14.4. The van der Waals surface area contributed by atoms with Crippen LogP contribution in [0.4, 0.5) is 0 Å². The maximum absolute atomic E-state index is 12.7. The second-order valence-electron chi connectivity index (χ2n) is 7.47. The van der Waals surface area contributed by atoms with Gasteiger partial charge < -0.3 is 19.7 Å². The van der Waals surface area contributed by atoms with Crippen molar-refractivity contribution in [3.8, 4) is 5.88 Å². The number of rotatable bonds is 8. The topological polar surface area (TPSA) is 80.8 Å². The number of hydrogen-bond acceptors (Lipinski definition) is 5. The van der Waals surface area contributed by atoms with Gasteiger partial charge in [0.05, 0.1) is 19.3 Å². The Balaban J connectivity index is 1.47. The summed E-state index contributed by atoms with van der Waals surface area (Å²) in [4.78, 5) is 30.7. The zero-order valence-corrected chi connectivity index (χ0v) is 17.6. The minimum atomic E-state index is -0.0848. The Morgan fingerprint density at radius 1 is 1.07 bits per heavy atom. The Morgan fingerprint density at radius 3 is 2.37 bits per heavy atom. The molecule has 1 aromatic carbocycles. The summed E-state index contributed by atoms with van der Waals surface area (Å²) in [5.41, 5.74) is 2.46. The maximum Gasteiger partial charge on any atom is 0.255 e. The molecule has 30 heavy (non-hydrogen) atoms. The molecular formula is C23H29N3O4. The van der Waals surface area contributed by atoms with Gasteiger partial charge in [0.25, 0.3) is 11.8 Å². The van der Waals surface area contributed by atoms with Gasteiger partial charge in [-0.05, 0) is 48.9 Å². The Morgan fingerprint density at radius 2 is 1.77 bits per heavy atom. The average molecular weight is 412 g/mol. The molecule has 0 saturated carbocycles. The molecule has 1 saturated heterocycles. The lowest BCUT2D eigenvalue weighted by atomic mass is 9.89. The van der Waals surface area contributed by atoms with Crippen LogP contribution in [0.15, 0.2) is 42.6 Å². The first kappa shape index (κ1) is 21.8. The zero-order chi connectivity index (χ0) is 21.3. The van der Waals surface area contributed by atoms with Gasteiger partial charge in [0, 0.05) is 44.6 Å². The number of nitrogens with one attached hydrogen (secondary N) is 1. The first-order valence-corrected chi connectivity index (χ1v) is 10.3. The molecule has 1 aliphatic heterocycles. The summed E-state index contributed by atoms with van der Waals surface area (Å²) in [5.74, 6) is 0.971. The molecule has 3 rings (SSSR count). The molecule has 7 heteroatoms. The van der Waals surface area contributed by atoms with Crippen LogP contribution in [0.1, 0.15) is 39.1 Å². The van der Waals surface area contributed by atoms with Crippen molar-refractivity contribution in [2.24, 2.45) is 5.92 Å². The van der Waals surface area contributed by atoms with Gasteiger partial charge >= 0.3 is 0 Å². The van der Waals surface area contributed by atoms with E-state index in [9.17, 15) is 9.59 Å². The molecule has 0 spiro atoms. The van der Waals surface area contributed by atoms with Crippen LogP contribution in [-0.4, -0.2) is 62.2 Å². The predicted molar refractivity (Wildman–Crippen MR) is 114 cm³/mol. The van der Waals surface area contributed by atoms with Crippen molar-refractivity contribution in [2.75, 3.05) is 40.5 Å². The van der Waals surface area contributed by atoms with E-state index in [4.69, 9.17) is 9.47 Å². The fourth-order valence-electron chi connectivity index (χ4n) is 3.64. The molecule has 0 radical (unpaired) electrons. The summed E-state index contributed by atoms with van der Waals surface area (Å²) in [6.07, 6.45) is 4.46. The number of amides is 2. The van der Waals surface area contributed by atoms with Gasteiger partial charge in [0.1, 0.15) is 0 Å². The largest absolute Gasteiger partial charge is 0.481 e. The van der Waals surface area contributed by atoms with Gasteiger partial charge in [0.15, 0.2) is 0 Å². The number of carbonyl (C=O) groups excluding carboxylic acids is 2. The van der Waals surface area contributed by atoms with E-state index in [0.717, 1.165) is 32.4 Å². The highest BCUT2D eigenvalue weighted by Crippen LogP contribution is 2.23. The van der Waals surface area contributed by atoms with Gasteiger partial charge in [0.2, 0.25) is 5.88 Å². The quantitative estimate of drug-likeness (QED) is 0.676. The lowest BCUT2D eigenvalue weighted by Gasteiger charge is -2.32. The van der Waals surface area contributed by atoms with Crippen molar-refractivity contribution in [1.29, 1.82) is 0 Å². The Labute approximate surface area is 177 Å². The van der Waals surface area contributed by atoms with Crippen LogP contribution in [0.25, 0.3) is 0 Å². The molecule has 0 bridgehead atoms. The maximum atomic E-state index is 12.7. The highest BCUT2D eigenvalue weighted by Gasteiger charge is 2.24. The number of benzene rings is 1. The third-order valence-corrected chi connectivity index (χ3v) is 5.43. The number of likely N-dealkylation sites (tertiary alicyclic amines) is 1. The van der Waals surface area contributed by atoms with Crippen LogP contribution in [0.3, 0.4) is 0 Å². The third-order valence-electron chi connectivity index (χ3n) is 5.43. The second kappa shape index (κ2) is 10.7. The van der Waals surface area contributed by atoms with Crippen molar-refractivity contribution in [3.05, 3.63) is 59.3 Å². The number of hydrogen-bond donors (Lipinski definition) is 1. The molecular weight excluding hydrogens is 382 g/mol. The molecule has 1 aromatic heterocycles. The van der Waals surface area contributed by atoms with Crippen molar-refractivity contribution in [2.45, 2.75) is 19.3 Å². The molecule has 1 N–H and O–H groups in total. The van der Waals surface area contributed by atoms with E-state index in [1.54, 1.807) is 32.5 Å². The fourth-order valence-corrected chi connectivity index (χ4v) is 3.64. The molecule has 2 amide bonds. The van der Waals surface area contributed by atoms with Crippen molar-refractivity contribution >= 4 is 11.8 Å². The number of aromatic nitrogens is 1. The molecule has 7 nitrogen and oxygen atoms in total. The molecule has 2 heterocycles. The van der Waals surface area contributed by atoms with Crippen LogP contribution in [0.2, 0.25) is 0 Å². The fraction of sp³-hybridized carbons (Fsp3) is 0.435. The molecule has 1 aliphatic rings. The van der Waals surface area contributed by atoms with E-state index in [0.29, 0.717) is 36.1 Å². The standard InChI is InChI=1S/C23H29N3O4/c1-29-14-11-24-22(27)19-5-3-17(4-6-19)15-18-9-12-26(13-10-18)23(28)20-7-8-21(30-2)25-16-20/h3-8,16,18H,9-15H2,1-2H3,(H,24,27). The molecule has 0 atom stereocenters. The minimum absolute atomic E-state index is 0.0208. The number of carbonyl (C=O) groups is 2. The van der Waals surface area contributed by atoms with E-state index in [1.807, 2.05) is 29.2 Å². The van der Waals surface area contributed by atoms with Crippen molar-refractivity contribution in [3.63, 3.8) is 0 Å². The second-order valence-corrected chi connectivity index (χ2v) is 7.47. The van der Waals surface area contributed by atoms with E-state index in [1.165, 1.54) is 5.56 Å². The zero-order valence-electron chi connectivity index (χ0n) is 17.6. The smallest absolute Gasteiger partial charge is 0.255 e. The summed E-state index contributed by atoms with van der Waals surface area (Å²) in [5, 5.41) is 2.82. The number of methoxy groups -OCH3 is 2. The third kappa shape index (κ3) is 5.79. The summed E-state index contributed by atoms with van der Waals surface area (Å²) < 4.78 is 9.99. The van der Waals surface area contributed by atoms with Crippen molar-refractivity contribution < 1.29 is 19.1 Å². The van der Waals surface area contributed by atoms with E-state index < -0.39 is 0 Å². The van der Waals surface area contributed by atoms with Crippen LogP contribution in [0, 0.1) is 5.92 Å². The number of nitrogens with zero attached hydrogens (tertiary/aromatic N) is 2. The molecule has 0 aliphatic carbocycles. The van der Waals surface area contributed by atoms with E-state index >= 15 is 0 Å². The SMILES string of the molecule is COCCNC(=O)c1ccc(CC2CCN(C(=O)c3ccc(OC)nc3)CC2)cc1. The van der Waals surface area contributed by atoms with Gasteiger partial charge in [-0.25, -0.2) is 4.98 Å². The average Bonchev–Trinajstić information content (AvgIpc) is 2.80. The minimum Gasteiger partial charge on any atom is -0.481 e. The monoisotopic (exact) mass is 411 g/mol. The van der Waals surface area contributed by atoms with E-state index in [2.05, 4.69) is 10.3 Å². The van der Waals surface area contributed by atoms with E-state index in [-0.39, 0.29) is 11.8 Å². The molecule has 0 unspecified atom stereocenters. The Kier molecular flexibility index (Phi) is 7.79. The van der Waals surface area contributed by atoms with Crippen LogP contribution in [-0.2, 0) is 11.2 Å². The number of ether oxygens (including phenoxy) is 2. The molecule has 2 aromatic rings. The van der Waals surface area contributed by atoms with Crippen molar-refractivity contribution in [1.82, 2.24) is 15.2 Å². The first-order chi connectivity index (χ1) is 14.6. The van der Waals surface area contributed by atoms with Crippen LogP contribution in [0.5, 0.6) is 5.88 Å². The lowest BCUT2D eigenvalue weighted by Crippen LogP contribution is -2.39. The molecule has 1 fully saturated rings.